The van der Waals surface area contributed by atoms with Gasteiger partial charge in [0.1, 0.15) is 5.82 Å². The summed E-state index contributed by atoms with van der Waals surface area (Å²) < 4.78 is 17.6. The van der Waals surface area contributed by atoms with Crippen LogP contribution in [0.5, 0.6) is 0 Å². The number of halogens is 1. The lowest BCUT2D eigenvalue weighted by Crippen LogP contribution is -2.36. The molecule has 0 fully saturated rings. The van der Waals surface area contributed by atoms with Gasteiger partial charge in [0, 0.05) is 13.1 Å². The summed E-state index contributed by atoms with van der Waals surface area (Å²) in [4.78, 5) is 11.4. The molecule has 0 amide bonds. The van der Waals surface area contributed by atoms with E-state index < -0.39 is 5.41 Å². The molecule has 0 aromatic heterocycles. The summed E-state index contributed by atoms with van der Waals surface area (Å²) >= 11 is 0. The maximum atomic E-state index is 12.9. The van der Waals surface area contributed by atoms with Gasteiger partial charge in [0.25, 0.3) is 0 Å². The molecule has 0 spiro atoms. The highest BCUT2D eigenvalue weighted by molar-refractivity contribution is 5.76. The van der Waals surface area contributed by atoms with Crippen molar-refractivity contribution in [1.29, 1.82) is 0 Å². The molecule has 0 bridgehead atoms. The van der Waals surface area contributed by atoms with Crippen LogP contribution in [-0.4, -0.2) is 19.6 Å². The van der Waals surface area contributed by atoms with Crippen molar-refractivity contribution in [2.75, 3.05) is 13.7 Å². The van der Waals surface area contributed by atoms with E-state index in [1.54, 1.807) is 19.9 Å². The Hall–Kier alpha value is -1.42. The van der Waals surface area contributed by atoms with E-state index >= 15 is 0 Å². The van der Waals surface area contributed by atoms with E-state index in [1.807, 2.05) is 6.07 Å². The monoisotopic (exact) mass is 239 g/mol. The standard InChI is InChI=1S/C13H18FNO2/c1-13(2,12(16)17-3)9-15-8-10-5-4-6-11(14)7-10/h4-7,15H,8-9H2,1-3H3. The van der Waals surface area contributed by atoms with Crippen molar-refractivity contribution < 1.29 is 13.9 Å². The molecule has 3 nitrogen and oxygen atoms in total. The van der Waals surface area contributed by atoms with E-state index in [0.29, 0.717) is 13.1 Å². The molecular weight excluding hydrogens is 221 g/mol. The molecule has 1 aromatic carbocycles. The zero-order valence-corrected chi connectivity index (χ0v) is 10.4. The second-order valence-electron chi connectivity index (χ2n) is 4.61. The summed E-state index contributed by atoms with van der Waals surface area (Å²) in [6.45, 7) is 4.61. The molecule has 0 aliphatic rings. The molecule has 1 rings (SSSR count). The minimum Gasteiger partial charge on any atom is -0.469 e. The maximum absolute atomic E-state index is 12.9. The molecule has 0 saturated carbocycles. The number of carbonyl (C=O) groups is 1. The highest BCUT2D eigenvalue weighted by atomic mass is 19.1. The fourth-order valence-electron chi connectivity index (χ4n) is 1.51. The molecule has 0 aliphatic heterocycles. The largest absolute Gasteiger partial charge is 0.469 e. The van der Waals surface area contributed by atoms with Gasteiger partial charge in [0.2, 0.25) is 0 Å². The van der Waals surface area contributed by atoms with E-state index in [2.05, 4.69) is 5.32 Å². The molecular formula is C13H18FNO2. The molecule has 0 atom stereocenters. The molecule has 0 aliphatic carbocycles. The van der Waals surface area contributed by atoms with Crippen molar-refractivity contribution in [3.8, 4) is 0 Å². The van der Waals surface area contributed by atoms with Crippen LogP contribution < -0.4 is 5.32 Å². The number of carbonyl (C=O) groups excluding carboxylic acids is 1. The highest BCUT2D eigenvalue weighted by Crippen LogP contribution is 2.15. The van der Waals surface area contributed by atoms with Crippen LogP contribution in [0.4, 0.5) is 4.39 Å². The third-order valence-electron chi connectivity index (χ3n) is 2.52. The number of ether oxygens (including phenoxy) is 1. The summed E-state index contributed by atoms with van der Waals surface area (Å²) in [6, 6.07) is 6.37. The van der Waals surface area contributed by atoms with E-state index in [4.69, 9.17) is 4.74 Å². The van der Waals surface area contributed by atoms with Gasteiger partial charge in [-0.15, -0.1) is 0 Å². The number of nitrogens with one attached hydrogen (secondary N) is 1. The van der Waals surface area contributed by atoms with Gasteiger partial charge < -0.3 is 10.1 Å². The van der Waals surface area contributed by atoms with Gasteiger partial charge in [-0.05, 0) is 31.5 Å². The summed E-state index contributed by atoms with van der Waals surface area (Å²) in [5.74, 6) is -0.513. The summed E-state index contributed by atoms with van der Waals surface area (Å²) in [5, 5.41) is 3.12. The first kappa shape index (κ1) is 13.6. The Bertz CT molecular complexity index is 391. The topological polar surface area (TPSA) is 38.3 Å². The molecule has 1 aromatic rings. The lowest BCUT2D eigenvalue weighted by atomic mass is 9.94. The van der Waals surface area contributed by atoms with Crippen LogP contribution in [0.25, 0.3) is 0 Å². The molecule has 17 heavy (non-hydrogen) atoms. The fraction of sp³-hybridized carbons (Fsp3) is 0.462. The average molecular weight is 239 g/mol. The van der Waals surface area contributed by atoms with Gasteiger partial charge in [0.05, 0.1) is 12.5 Å². The predicted molar refractivity (Wildman–Crippen MR) is 63.9 cm³/mol. The predicted octanol–water partition coefficient (Wildman–Crippen LogP) is 2.11. The Labute approximate surface area is 101 Å². The lowest BCUT2D eigenvalue weighted by Gasteiger charge is -2.21. The first-order valence-corrected chi connectivity index (χ1v) is 5.49. The van der Waals surface area contributed by atoms with E-state index in [0.717, 1.165) is 5.56 Å². The van der Waals surface area contributed by atoms with E-state index in [-0.39, 0.29) is 11.8 Å². The maximum Gasteiger partial charge on any atom is 0.312 e. The van der Waals surface area contributed by atoms with Crippen molar-refractivity contribution in [3.05, 3.63) is 35.6 Å². The van der Waals surface area contributed by atoms with E-state index in [1.165, 1.54) is 19.2 Å². The molecule has 94 valence electrons. The van der Waals surface area contributed by atoms with E-state index in [9.17, 15) is 9.18 Å². The van der Waals surface area contributed by atoms with Gasteiger partial charge in [-0.1, -0.05) is 12.1 Å². The van der Waals surface area contributed by atoms with Gasteiger partial charge >= 0.3 is 5.97 Å². The molecule has 1 N–H and O–H groups in total. The van der Waals surface area contributed by atoms with Crippen LogP contribution in [-0.2, 0) is 16.1 Å². The second kappa shape index (κ2) is 5.77. The summed E-state index contributed by atoms with van der Waals surface area (Å²) in [5.41, 5.74) is 0.271. The molecule has 4 heteroatoms. The number of rotatable bonds is 5. The first-order valence-electron chi connectivity index (χ1n) is 5.49. The van der Waals surface area contributed by atoms with Gasteiger partial charge in [-0.2, -0.15) is 0 Å². The Morgan fingerprint density at radius 1 is 1.47 bits per heavy atom. The highest BCUT2D eigenvalue weighted by Gasteiger charge is 2.27. The van der Waals surface area contributed by atoms with Crippen LogP contribution in [0.3, 0.4) is 0 Å². The summed E-state index contributed by atoms with van der Waals surface area (Å²) in [6.07, 6.45) is 0. The third-order valence-corrected chi connectivity index (χ3v) is 2.52. The van der Waals surface area contributed by atoms with Crippen LogP contribution in [0, 0.1) is 11.2 Å². The zero-order valence-electron chi connectivity index (χ0n) is 10.4. The van der Waals surface area contributed by atoms with Crippen molar-refractivity contribution in [3.63, 3.8) is 0 Å². The van der Waals surface area contributed by atoms with Gasteiger partial charge in [0.15, 0.2) is 0 Å². The van der Waals surface area contributed by atoms with Gasteiger partial charge in [-0.25, -0.2) is 4.39 Å². The van der Waals surface area contributed by atoms with Crippen LogP contribution in [0.1, 0.15) is 19.4 Å². The quantitative estimate of drug-likeness (QED) is 0.800. The van der Waals surface area contributed by atoms with Crippen molar-refractivity contribution >= 4 is 5.97 Å². The minimum absolute atomic E-state index is 0.253. The molecule has 0 heterocycles. The zero-order chi connectivity index (χ0) is 12.9. The normalized spacial score (nSPS) is 11.3. The van der Waals surface area contributed by atoms with Crippen molar-refractivity contribution in [1.82, 2.24) is 5.32 Å². The number of hydrogen-bond donors (Lipinski definition) is 1. The van der Waals surface area contributed by atoms with Crippen LogP contribution in [0.15, 0.2) is 24.3 Å². The number of benzene rings is 1. The minimum atomic E-state index is -0.581. The summed E-state index contributed by atoms with van der Waals surface area (Å²) in [7, 11) is 1.37. The average Bonchev–Trinajstić information content (AvgIpc) is 2.27. The van der Waals surface area contributed by atoms with Crippen molar-refractivity contribution in [2.24, 2.45) is 5.41 Å². The number of hydrogen-bond acceptors (Lipinski definition) is 3. The fourth-order valence-corrected chi connectivity index (χ4v) is 1.51. The smallest absolute Gasteiger partial charge is 0.312 e. The Morgan fingerprint density at radius 2 is 2.18 bits per heavy atom. The Kier molecular flexibility index (Phi) is 4.63. The Balaban J connectivity index is 2.45. The third kappa shape index (κ3) is 4.15. The number of esters is 1. The second-order valence-corrected chi connectivity index (χ2v) is 4.61. The number of methoxy groups -OCH3 is 1. The molecule has 0 unspecified atom stereocenters. The molecule has 0 radical (unpaired) electrons. The van der Waals surface area contributed by atoms with Crippen LogP contribution in [0.2, 0.25) is 0 Å². The Morgan fingerprint density at radius 3 is 2.76 bits per heavy atom. The van der Waals surface area contributed by atoms with Crippen molar-refractivity contribution in [2.45, 2.75) is 20.4 Å². The van der Waals surface area contributed by atoms with Crippen LogP contribution >= 0.6 is 0 Å². The van der Waals surface area contributed by atoms with Gasteiger partial charge in [-0.3, -0.25) is 4.79 Å². The SMILES string of the molecule is COC(=O)C(C)(C)CNCc1cccc(F)c1. The lowest BCUT2D eigenvalue weighted by molar-refractivity contribution is -0.150. The first-order chi connectivity index (χ1) is 7.95. The molecule has 0 saturated heterocycles.